The molecule has 5 atom stereocenters. The standard InChI is InChI=1S/C28H51N5O4/c1-20-25(34)18-28(37)31-23(8-6-7-14-32(2)3)17-26(35)29-13-11-22-19-33(24-9-4-5-10-24)15-12-21(22)16-27(36)30-20/h20-25,34H,4-19H2,1-3H3,(H,29,35)(H,30,36)(H,31,37)/t20-,21-,22-,23-,25-/m0/s1. The van der Waals surface area contributed by atoms with Gasteiger partial charge in [-0.2, -0.15) is 0 Å². The van der Waals surface area contributed by atoms with Crippen LogP contribution in [0.15, 0.2) is 0 Å². The average Bonchev–Trinajstić information content (AvgIpc) is 3.37. The van der Waals surface area contributed by atoms with Crippen molar-refractivity contribution < 1.29 is 19.5 Å². The normalized spacial score (nSPS) is 32.0. The van der Waals surface area contributed by atoms with Crippen LogP contribution in [0.1, 0.15) is 84.0 Å². The number of amides is 3. The van der Waals surface area contributed by atoms with Gasteiger partial charge in [0, 0.05) is 38.0 Å². The zero-order valence-corrected chi connectivity index (χ0v) is 23.3. The summed E-state index contributed by atoms with van der Waals surface area (Å²) >= 11 is 0. The molecule has 212 valence electrons. The Labute approximate surface area is 223 Å². The van der Waals surface area contributed by atoms with Crippen molar-refractivity contribution in [2.45, 2.75) is 108 Å². The first-order valence-electron chi connectivity index (χ1n) is 14.6. The molecule has 37 heavy (non-hydrogen) atoms. The van der Waals surface area contributed by atoms with E-state index in [4.69, 9.17) is 0 Å². The molecule has 0 aromatic heterocycles. The van der Waals surface area contributed by atoms with Crippen LogP contribution < -0.4 is 16.0 Å². The third kappa shape index (κ3) is 10.2. The van der Waals surface area contributed by atoms with Crippen LogP contribution in [0.2, 0.25) is 0 Å². The molecule has 9 nitrogen and oxygen atoms in total. The Bertz CT molecular complexity index is 742. The fourth-order valence-corrected chi connectivity index (χ4v) is 6.34. The molecule has 0 unspecified atom stereocenters. The molecular weight excluding hydrogens is 470 g/mol. The van der Waals surface area contributed by atoms with Crippen molar-refractivity contribution >= 4 is 17.7 Å². The Morgan fingerprint density at radius 2 is 1.62 bits per heavy atom. The van der Waals surface area contributed by atoms with Gasteiger partial charge in [-0.1, -0.05) is 19.3 Å². The topological polar surface area (TPSA) is 114 Å². The lowest BCUT2D eigenvalue weighted by molar-refractivity contribution is -0.128. The molecule has 3 amide bonds. The minimum Gasteiger partial charge on any atom is -0.390 e. The molecule has 0 aromatic carbocycles. The summed E-state index contributed by atoms with van der Waals surface area (Å²) in [5.74, 6) is 0.225. The summed E-state index contributed by atoms with van der Waals surface area (Å²) in [6.07, 6.45) is 9.21. The van der Waals surface area contributed by atoms with E-state index in [9.17, 15) is 19.5 Å². The number of unbranched alkanes of at least 4 members (excludes halogenated alkanes) is 1. The van der Waals surface area contributed by atoms with Crippen LogP contribution in [0, 0.1) is 11.8 Å². The second-order valence-corrected chi connectivity index (χ2v) is 12.0. The van der Waals surface area contributed by atoms with Crippen molar-refractivity contribution in [2.24, 2.45) is 11.8 Å². The summed E-state index contributed by atoms with van der Waals surface area (Å²) < 4.78 is 0. The minimum absolute atomic E-state index is 0.0447. The highest BCUT2D eigenvalue weighted by Crippen LogP contribution is 2.33. The van der Waals surface area contributed by atoms with Gasteiger partial charge in [-0.25, -0.2) is 0 Å². The smallest absolute Gasteiger partial charge is 0.222 e. The maximum Gasteiger partial charge on any atom is 0.222 e. The molecular formula is C28H51N5O4. The summed E-state index contributed by atoms with van der Waals surface area (Å²) in [5.41, 5.74) is 0. The van der Waals surface area contributed by atoms with Crippen LogP contribution in [0.25, 0.3) is 0 Å². The number of hydrogen-bond acceptors (Lipinski definition) is 6. The molecule has 0 bridgehead atoms. The van der Waals surface area contributed by atoms with Gasteiger partial charge >= 0.3 is 0 Å². The van der Waals surface area contributed by atoms with Crippen LogP contribution in [0.3, 0.4) is 0 Å². The van der Waals surface area contributed by atoms with E-state index < -0.39 is 12.1 Å². The Kier molecular flexibility index (Phi) is 12.1. The molecule has 1 saturated carbocycles. The predicted molar refractivity (Wildman–Crippen MR) is 145 cm³/mol. The number of nitrogens with one attached hydrogen (secondary N) is 3. The van der Waals surface area contributed by atoms with E-state index in [0.29, 0.717) is 24.9 Å². The Morgan fingerprint density at radius 3 is 2.35 bits per heavy atom. The SMILES string of the molecule is C[C@@H]1NC(=O)C[C@@H]2CCN(C3CCCC3)C[C@@H]2CCNC(=O)C[C@H](CCCCN(C)C)NC(=O)C[C@@H]1O. The molecule has 3 fully saturated rings. The highest BCUT2D eigenvalue weighted by Gasteiger charge is 2.35. The second kappa shape index (κ2) is 15.0. The van der Waals surface area contributed by atoms with Crippen molar-refractivity contribution in [3.05, 3.63) is 0 Å². The van der Waals surface area contributed by atoms with Crippen LogP contribution in [0.4, 0.5) is 0 Å². The lowest BCUT2D eigenvalue weighted by atomic mass is 9.80. The zero-order valence-electron chi connectivity index (χ0n) is 23.3. The molecule has 1 aliphatic carbocycles. The first-order valence-corrected chi connectivity index (χ1v) is 14.6. The van der Waals surface area contributed by atoms with Gasteiger partial charge < -0.3 is 30.9 Å². The van der Waals surface area contributed by atoms with Gasteiger partial charge in [-0.05, 0) is 84.5 Å². The first kappa shape index (κ1) is 29.8. The van der Waals surface area contributed by atoms with Gasteiger partial charge in [0.2, 0.25) is 17.7 Å². The van der Waals surface area contributed by atoms with Crippen LogP contribution in [-0.4, -0.2) is 97.1 Å². The molecule has 0 radical (unpaired) electrons. The largest absolute Gasteiger partial charge is 0.390 e. The van der Waals surface area contributed by atoms with Gasteiger partial charge in [0.15, 0.2) is 0 Å². The predicted octanol–water partition coefficient (Wildman–Crippen LogP) is 1.64. The number of carbonyl (C=O) groups is 3. The van der Waals surface area contributed by atoms with Gasteiger partial charge in [0.05, 0.1) is 18.6 Å². The highest BCUT2D eigenvalue weighted by atomic mass is 16.3. The molecule has 2 heterocycles. The number of rotatable bonds is 6. The monoisotopic (exact) mass is 521 g/mol. The Balaban J connectivity index is 1.65. The Hall–Kier alpha value is -1.71. The van der Waals surface area contributed by atoms with Crippen LogP contribution in [0.5, 0.6) is 0 Å². The lowest BCUT2D eigenvalue weighted by Gasteiger charge is -2.41. The van der Waals surface area contributed by atoms with E-state index in [-0.39, 0.29) is 42.5 Å². The maximum atomic E-state index is 12.9. The number of likely N-dealkylation sites (tertiary alicyclic amines) is 1. The lowest BCUT2D eigenvalue weighted by Crippen LogP contribution is -2.49. The molecule has 2 aliphatic heterocycles. The van der Waals surface area contributed by atoms with E-state index in [1.54, 1.807) is 6.92 Å². The molecule has 0 spiro atoms. The van der Waals surface area contributed by atoms with E-state index >= 15 is 0 Å². The summed E-state index contributed by atoms with van der Waals surface area (Å²) in [6.45, 7) is 5.33. The van der Waals surface area contributed by atoms with Gasteiger partial charge in [0.1, 0.15) is 0 Å². The van der Waals surface area contributed by atoms with Crippen molar-refractivity contribution in [1.82, 2.24) is 25.8 Å². The number of piperidine rings is 1. The quantitative estimate of drug-likeness (QED) is 0.395. The van der Waals surface area contributed by atoms with Crippen LogP contribution in [-0.2, 0) is 14.4 Å². The Morgan fingerprint density at radius 1 is 0.892 bits per heavy atom. The molecule has 4 N–H and O–H groups in total. The van der Waals surface area contributed by atoms with E-state index in [0.717, 1.165) is 51.7 Å². The molecule has 3 rings (SSSR count). The molecule has 9 heteroatoms. The zero-order chi connectivity index (χ0) is 26.8. The van der Waals surface area contributed by atoms with Crippen molar-refractivity contribution in [3.63, 3.8) is 0 Å². The highest BCUT2D eigenvalue weighted by molar-refractivity contribution is 5.80. The van der Waals surface area contributed by atoms with Crippen molar-refractivity contribution in [1.29, 1.82) is 0 Å². The van der Waals surface area contributed by atoms with Gasteiger partial charge in [0.25, 0.3) is 0 Å². The number of nitrogens with zero attached hydrogens (tertiary/aromatic N) is 2. The molecule has 2 saturated heterocycles. The maximum absolute atomic E-state index is 12.9. The second-order valence-electron chi connectivity index (χ2n) is 12.0. The summed E-state index contributed by atoms with van der Waals surface area (Å²) in [7, 11) is 4.07. The van der Waals surface area contributed by atoms with E-state index in [2.05, 4.69) is 25.8 Å². The number of hydrogen-bond donors (Lipinski definition) is 4. The third-order valence-corrected chi connectivity index (χ3v) is 8.61. The number of aliphatic hydroxyl groups is 1. The fourth-order valence-electron chi connectivity index (χ4n) is 6.34. The fraction of sp³-hybridized carbons (Fsp3) is 0.893. The number of aliphatic hydroxyl groups excluding tert-OH is 1. The first-order chi connectivity index (χ1) is 17.7. The van der Waals surface area contributed by atoms with E-state index in [1.807, 2.05) is 14.1 Å². The van der Waals surface area contributed by atoms with Crippen molar-refractivity contribution in [3.8, 4) is 0 Å². The summed E-state index contributed by atoms with van der Waals surface area (Å²) in [6, 6.07) is -0.110. The molecule has 0 aromatic rings. The number of fused-ring (bicyclic) bond motifs is 1. The third-order valence-electron chi connectivity index (χ3n) is 8.61. The average molecular weight is 522 g/mol. The van der Waals surface area contributed by atoms with Crippen molar-refractivity contribution in [2.75, 3.05) is 40.3 Å². The minimum atomic E-state index is -0.972. The molecule has 3 aliphatic rings. The summed E-state index contributed by atoms with van der Waals surface area (Å²) in [5, 5.41) is 19.6. The van der Waals surface area contributed by atoms with Gasteiger partial charge in [-0.3, -0.25) is 14.4 Å². The number of carbonyl (C=O) groups excluding carboxylic acids is 3. The van der Waals surface area contributed by atoms with Gasteiger partial charge in [-0.15, -0.1) is 0 Å². The summed E-state index contributed by atoms with van der Waals surface area (Å²) in [4.78, 5) is 43.2. The van der Waals surface area contributed by atoms with Crippen LogP contribution >= 0.6 is 0 Å². The van der Waals surface area contributed by atoms with E-state index in [1.165, 1.54) is 25.7 Å².